The average molecular weight is 169 g/mol. The average Bonchev–Trinajstić information content (AvgIpc) is 2.06. The van der Waals surface area contributed by atoms with Crippen LogP contribution in [-0.4, -0.2) is 25.9 Å². The molecule has 0 unspecified atom stereocenters. The van der Waals surface area contributed by atoms with Gasteiger partial charge in [0.15, 0.2) is 8.24 Å². The maximum atomic E-state index is 3.87. The Bertz CT molecular complexity index is 130. The zero-order chi connectivity index (χ0) is 8.91. The van der Waals surface area contributed by atoms with Crippen molar-refractivity contribution in [3.05, 3.63) is 24.6 Å². The van der Waals surface area contributed by atoms with Gasteiger partial charge in [-0.25, -0.2) is 0 Å². The summed E-state index contributed by atoms with van der Waals surface area (Å²) in [4.78, 5) is 0. The highest BCUT2D eigenvalue weighted by atomic mass is 28.3. The maximum absolute atomic E-state index is 3.87. The quantitative estimate of drug-likeness (QED) is 0.571. The van der Waals surface area contributed by atoms with Gasteiger partial charge in [0.05, 0.1) is 0 Å². The van der Waals surface area contributed by atoms with Gasteiger partial charge in [-0.05, 0) is 19.6 Å². The van der Waals surface area contributed by atoms with Crippen molar-refractivity contribution in [2.24, 2.45) is 0 Å². The standard InChI is InChI=1S/C9H19NSi/c1-6-10(7-2)11(5,8-3)9-4/h8-9H,3-4,6-7H2,1-2,5H3. The molecule has 0 aromatic carbocycles. The van der Waals surface area contributed by atoms with Crippen LogP contribution in [0.25, 0.3) is 0 Å². The van der Waals surface area contributed by atoms with Gasteiger partial charge in [0, 0.05) is 0 Å². The van der Waals surface area contributed by atoms with Gasteiger partial charge < -0.3 is 4.57 Å². The van der Waals surface area contributed by atoms with Crippen molar-refractivity contribution < 1.29 is 0 Å². The van der Waals surface area contributed by atoms with Gasteiger partial charge in [0.1, 0.15) is 0 Å². The van der Waals surface area contributed by atoms with Gasteiger partial charge in [-0.15, -0.1) is 13.2 Å². The van der Waals surface area contributed by atoms with E-state index < -0.39 is 8.24 Å². The molecular formula is C9H19NSi. The topological polar surface area (TPSA) is 3.24 Å². The fraction of sp³-hybridized carbons (Fsp3) is 0.556. The summed E-state index contributed by atoms with van der Waals surface area (Å²) in [5.74, 6) is 0. The lowest BCUT2D eigenvalue weighted by molar-refractivity contribution is 0.477. The Morgan fingerprint density at radius 2 is 1.55 bits per heavy atom. The summed E-state index contributed by atoms with van der Waals surface area (Å²) < 4.78 is 2.45. The first-order valence-electron chi connectivity index (χ1n) is 4.16. The van der Waals surface area contributed by atoms with Crippen molar-refractivity contribution in [1.82, 2.24) is 4.57 Å². The van der Waals surface area contributed by atoms with E-state index in [0.717, 1.165) is 13.1 Å². The Morgan fingerprint density at radius 1 is 1.18 bits per heavy atom. The van der Waals surface area contributed by atoms with Gasteiger partial charge in [-0.1, -0.05) is 25.2 Å². The molecule has 0 aromatic heterocycles. The summed E-state index contributed by atoms with van der Waals surface area (Å²) in [5.41, 5.74) is 4.15. The molecule has 0 saturated carbocycles. The lowest BCUT2D eigenvalue weighted by atomic mass is 10.7. The minimum atomic E-state index is -1.47. The number of nitrogens with zero attached hydrogens (tertiary/aromatic N) is 1. The Kier molecular flexibility index (Phi) is 4.38. The van der Waals surface area contributed by atoms with Gasteiger partial charge in [0.2, 0.25) is 0 Å². The third kappa shape index (κ3) is 2.31. The summed E-state index contributed by atoms with van der Waals surface area (Å²) >= 11 is 0. The summed E-state index contributed by atoms with van der Waals surface area (Å²) in [6, 6.07) is 0. The van der Waals surface area contributed by atoms with Crippen LogP contribution in [0.4, 0.5) is 0 Å². The first-order valence-corrected chi connectivity index (χ1v) is 6.77. The van der Waals surface area contributed by atoms with E-state index in [1.807, 2.05) is 0 Å². The van der Waals surface area contributed by atoms with Crippen LogP contribution < -0.4 is 0 Å². The van der Waals surface area contributed by atoms with Crippen LogP contribution >= 0.6 is 0 Å². The molecule has 0 aliphatic rings. The highest BCUT2D eigenvalue weighted by Gasteiger charge is 2.25. The highest BCUT2D eigenvalue weighted by Crippen LogP contribution is 2.11. The zero-order valence-electron chi connectivity index (χ0n) is 7.93. The Hall–Kier alpha value is -0.343. The summed E-state index contributed by atoms with van der Waals surface area (Å²) in [6.45, 7) is 16.6. The van der Waals surface area contributed by atoms with Crippen LogP contribution in [0.1, 0.15) is 13.8 Å². The number of rotatable bonds is 5. The minimum Gasteiger partial charge on any atom is -0.318 e. The molecule has 0 fully saturated rings. The molecule has 0 saturated heterocycles. The Labute approximate surface area is 71.5 Å². The summed E-state index contributed by atoms with van der Waals surface area (Å²) in [5, 5.41) is 0. The number of hydrogen-bond acceptors (Lipinski definition) is 1. The molecule has 0 heterocycles. The molecular weight excluding hydrogens is 150 g/mol. The van der Waals surface area contributed by atoms with E-state index in [-0.39, 0.29) is 0 Å². The number of hydrogen-bond donors (Lipinski definition) is 0. The van der Waals surface area contributed by atoms with E-state index >= 15 is 0 Å². The second kappa shape index (κ2) is 4.52. The van der Waals surface area contributed by atoms with Crippen molar-refractivity contribution in [2.45, 2.75) is 20.4 Å². The normalized spacial score (nSPS) is 11.6. The second-order valence-corrected chi connectivity index (χ2v) is 6.71. The molecule has 0 spiro atoms. The highest BCUT2D eigenvalue weighted by molar-refractivity contribution is 6.85. The fourth-order valence-corrected chi connectivity index (χ4v) is 3.29. The molecule has 1 nitrogen and oxygen atoms in total. The van der Waals surface area contributed by atoms with Gasteiger partial charge >= 0.3 is 0 Å². The molecule has 0 aliphatic carbocycles. The predicted molar refractivity (Wildman–Crippen MR) is 54.9 cm³/mol. The van der Waals surface area contributed by atoms with Gasteiger partial charge in [0.25, 0.3) is 0 Å². The van der Waals surface area contributed by atoms with E-state index in [2.05, 4.69) is 49.5 Å². The van der Waals surface area contributed by atoms with Crippen LogP contribution in [0, 0.1) is 0 Å². The molecule has 0 bridgehead atoms. The second-order valence-electron chi connectivity index (χ2n) is 2.81. The van der Waals surface area contributed by atoms with E-state index in [1.165, 1.54) is 0 Å². The molecule has 0 amide bonds. The van der Waals surface area contributed by atoms with E-state index in [1.54, 1.807) is 0 Å². The summed E-state index contributed by atoms with van der Waals surface area (Å²) in [7, 11) is -1.47. The lowest BCUT2D eigenvalue weighted by Crippen LogP contribution is -2.48. The molecule has 0 atom stereocenters. The van der Waals surface area contributed by atoms with E-state index in [0.29, 0.717) is 0 Å². The Morgan fingerprint density at radius 3 is 1.64 bits per heavy atom. The largest absolute Gasteiger partial charge is 0.318 e. The smallest absolute Gasteiger partial charge is 0.173 e. The minimum absolute atomic E-state index is 1.09. The first kappa shape index (κ1) is 10.7. The molecule has 0 aliphatic heterocycles. The van der Waals surface area contributed by atoms with Crippen LogP contribution in [0.5, 0.6) is 0 Å². The molecule has 0 aromatic rings. The van der Waals surface area contributed by atoms with E-state index in [4.69, 9.17) is 0 Å². The zero-order valence-corrected chi connectivity index (χ0v) is 8.93. The van der Waals surface area contributed by atoms with Crippen molar-refractivity contribution in [1.29, 1.82) is 0 Å². The van der Waals surface area contributed by atoms with Crippen LogP contribution in [0.15, 0.2) is 24.6 Å². The van der Waals surface area contributed by atoms with Crippen molar-refractivity contribution in [3.8, 4) is 0 Å². The SMILES string of the molecule is C=C[Si](C)(C=C)N(CC)CC. The molecule has 0 N–H and O–H groups in total. The molecule has 0 rings (SSSR count). The van der Waals surface area contributed by atoms with Crippen molar-refractivity contribution in [3.63, 3.8) is 0 Å². The van der Waals surface area contributed by atoms with Gasteiger partial charge in [-0.3, -0.25) is 0 Å². The molecule has 0 radical (unpaired) electrons. The molecule has 11 heavy (non-hydrogen) atoms. The lowest BCUT2D eigenvalue weighted by Gasteiger charge is -2.32. The molecule has 64 valence electrons. The van der Waals surface area contributed by atoms with Crippen molar-refractivity contribution >= 4 is 8.24 Å². The predicted octanol–water partition coefficient (Wildman–Crippen LogP) is 2.35. The summed E-state index contributed by atoms with van der Waals surface area (Å²) in [6.07, 6.45) is 0. The third-order valence-corrected chi connectivity index (χ3v) is 5.92. The van der Waals surface area contributed by atoms with Crippen LogP contribution in [0.3, 0.4) is 0 Å². The Balaban J connectivity index is 4.43. The molecule has 2 heteroatoms. The fourth-order valence-electron chi connectivity index (χ4n) is 1.25. The maximum Gasteiger partial charge on any atom is 0.173 e. The van der Waals surface area contributed by atoms with Crippen LogP contribution in [-0.2, 0) is 0 Å². The third-order valence-electron chi connectivity index (χ3n) is 2.27. The first-order chi connectivity index (χ1) is 5.14. The van der Waals surface area contributed by atoms with Gasteiger partial charge in [-0.2, -0.15) is 0 Å². The van der Waals surface area contributed by atoms with Crippen LogP contribution in [0.2, 0.25) is 6.55 Å². The van der Waals surface area contributed by atoms with E-state index in [9.17, 15) is 0 Å². The monoisotopic (exact) mass is 169 g/mol. The van der Waals surface area contributed by atoms with Crippen molar-refractivity contribution in [2.75, 3.05) is 13.1 Å².